The fraction of sp³-hybridized carbons (Fsp3) is 0.607. The molecule has 2 rings (SSSR count). The number of halogens is 1. The molecule has 0 bridgehead atoms. The van der Waals surface area contributed by atoms with Gasteiger partial charge >= 0.3 is 5.97 Å². The lowest BCUT2D eigenvalue weighted by molar-refractivity contribution is -0.131. The molecule has 6 heteroatoms. The van der Waals surface area contributed by atoms with Crippen LogP contribution in [0.3, 0.4) is 0 Å². The topological polar surface area (TPSA) is 54.0 Å². The lowest BCUT2D eigenvalue weighted by Crippen LogP contribution is -2.18. The van der Waals surface area contributed by atoms with Crippen LogP contribution in [0.5, 0.6) is 23.0 Å². The van der Waals surface area contributed by atoms with Gasteiger partial charge in [0.25, 0.3) is 0 Å². The second kappa shape index (κ2) is 14.3. The third kappa shape index (κ3) is 7.69. The molecule has 2 unspecified atom stereocenters. The van der Waals surface area contributed by atoms with Crippen LogP contribution in [0.25, 0.3) is 10.8 Å². The molecule has 0 saturated carbocycles. The summed E-state index contributed by atoms with van der Waals surface area (Å²) in [6.45, 7) is 12.4. The van der Waals surface area contributed by atoms with Crippen LogP contribution in [0.2, 0.25) is 5.02 Å². The molecule has 0 aliphatic rings. The van der Waals surface area contributed by atoms with E-state index in [-0.39, 0.29) is 12.2 Å². The maximum absolute atomic E-state index is 12.1. The van der Waals surface area contributed by atoms with Crippen molar-refractivity contribution < 1.29 is 23.7 Å². The first-order chi connectivity index (χ1) is 16.3. The van der Waals surface area contributed by atoms with Gasteiger partial charge in [-0.1, -0.05) is 76.6 Å². The summed E-state index contributed by atoms with van der Waals surface area (Å²) in [7, 11) is 0. The van der Waals surface area contributed by atoms with Gasteiger partial charge in [0.2, 0.25) is 11.5 Å². The molecule has 34 heavy (non-hydrogen) atoms. The van der Waals surface area contributed by atoms with E-state index in [2.05, 4.69) is 20.8 Å². The zero-order valence-corrected chi connectivity index (χ0v) is 22.4. The lowest BCUT2D eigenvalue weighted by Gasteiger charge is -2.26. The van der Waals surface area contributed by atoms with Crippen molar-refractivity contribution in [3.05, 3.63) is 23.2 Å². The fourth-order valence-corrected chi connectivity index (χ4v) is 4.28. The molecule has 0 N–H and O–H groups in total. The molecule has 0 aromatic heterocycles. The normalized spacial score (nSPS) is 12.9. The van der Waals surface area contributed by atoms with Crippen molar-refractivity contribution in [3.63, 3.8) is 0 Å². The Kier molecular flexibility index (Phi) is 11.8. The van der Waals surface area contributed by atoms with Gasteiger partial charge in [0.05, 0.1) is 29.2 Å². The maximum atomic E-state index is 12.1. The number of hydrogen-bond acceptors (Lipinski definition) is 5. The molecular weight excluding hydrogens is 452 g/mol. The zero-order valence-electron chi connectivity index (χ0n) is 21.7. The van der Waals surface area contributed by atoms with Gasteiger partial charge in [-0.15, -0.1) is 0 Å². The summed E-state index contributed by atoms with van der Waals surface area (Å²) in [5, 5.41) is 1.85. The molecule has 0 aliphatic heterocycles. The molecule has 0 amide bonds. The van der Waals surface area contributed by atoms with E-state index >= 15 is 0 Å². The second-order valence-electron chi connectivity index (χ2n) is 8.92. The molecule has 0 heterocycles. The highest BCUT2D eigenvalue weighted by atomic mass is 35.5. The van der Waals surface area contributed by atoms with Crippen LogP contribution in [0.1, 0.15) is 92.9 Å². The average Bonchev–Trinajstić information content (AvgIpc) is 2.77. The Morgan fingerprint density at radius 1 is 0.853 bits per heavy atom. The van der Waals surface area contributed by atoms with Crippen LogP contribution < -0.4 is 18.9 Å². The number of ether oxygens (including phenoxy) is 4. The number of hydrogen-bond donors (Lipinski definition) is 0. The van der Waals surface area contributed by atoms with Crippen molar-refractivity contribution in [1.82, 2.24) is 0 Å². The Bertz CT molecular complexity index is 927. The van der Waals surface area contributed by atoms with Gasteiger partial charge in [-0.25, -0.2) is 0 Å². The summed E-state index contributed by atoms with van der Waals surface area (Å²) >= 11 is 6.69. The van der Waals surface area contributed by atoms with Gasteiger partial charge in [0, 0.05) is 12.3 Å². The molecular formula is C28H41ClO5. The summed E-state index contributed by atoms with van der Waals surface area (Å²) in [5.74, 6) is 1.29. The summed E-state index contributed by atoms with van der Waals surface area (Å²) in [4.78, 5) is 12.1. The van der Waals surface area contributed by atoms with Crippen molar-refractivity contribution in [3.8, 4) is 23.0 Å². The maximum Gasteiger partial charge on any atom is 0.308 e. The Labute approximate surface area is 210 Å². The van der Waals surface area contributed by atoms with Crippen LogP contribution in [-0.4, -0.2) is 24.8 Å². The number of esters is 1. The second-order valence-corrected chi connectivity index (χ2v) is 9.32. The molecule has 0 spiro atoms. The summed E-state index contributed by atoms with van der Waals surface area (Å²) in [6.07, 6.45) is 7.81. The van der Waals surface area contributed by atoms with Crippen LogP contribution in [0.4, 0.5) is 0 Å². The quantitative estimate of drug-likeness (QED) is 0.142. The van der Waals surface area contributed by atoms with Gasteiger partial charge in [-0.3, -0.25) is 4.79 Å². The third-order valence-electron chi connectivity index (χ3n) is 5.62. The third-order valence-corrected chi connectivity index (χ3v) is 5.94. The van der Waals surface area contributed by atoms with E-state index in [1.807, 2.05) is 32.0 Å². The molecule has 2 aromatic rings. The van der Waals surface area contributed by atoms with Gasteiger partial charge in [0.15, 0.2) is 11.5 Å². The smallest absolute Gasteiger partial charge is 0.308 e. The summed E-state index contributed by atoms with van der Waals surface area (Å²) in [5.41, 5.74) is 0. The van der Waals surface area contributed by atoms with E-state index < -0.39 is 5.97 Å². The Hall–Kier alpha value is -2.14. The van der Waals surface area contributed by atoms with Crippen LogP contribution in [-0.2, 0) is 4.79 Å². The average molecular weight is 493 g/mol. The largest absolute Gasteiger partial charge is 0.489 e. The standard InChI is InChI=1S/C28H41ClO5/c1-7-10-11-12-18-31-26-24-22(16-13-17-23(24)29)25(34-21(6)30)27(32-19(4)14-8-2)28(26)33-20(5)15-9-3/h13,16-17,19-20H,7-12,14-15,18H2,1-6H3. The van der Waals surface area contributed by atoms with Crippen molar-refractivity contribution >= 4 is 28.3 Å². The van der Waals surface area contributed by atoms with Gasteiger partial charge in [-0.05, 0) is 39.2 Å². The van der Waals surface area contributed by atoms with Crippen LogP contribution in [0.15, 0.2) is 18.2 Å². The van der Waals surface area contributed by atoms with E-state index in [1.165, 1.54) is 6.92 Å². The minimum atomic E-state index is -0.435. The summed E-state index contributed by atoms with van der Waals surface area (Å²) < 4.78 is 25.0. The van der Waals surface area contributed by atoms with E-state index in [1.54, 1.807) is 0 Å². The Morgan fingerprint density at radius 2 is 1.47 bits per heavy atom. The number of fused-ring (bicyclic) bond motifs is 1. The highest BCUT2D eigenvalue weighted by molar-refractivity contribution is 6.36. The summed E-state index contributed by atoms with van der Waals surface area (Å²) in [6, 6.07) is 5.52. The molecule has 190 valence electrons. The lowest BCUT2D eigenvalue weighted by atomic mass is 10.1. The minimum Gasteiger partial charge on any atom is -0.489 e. The fourth-order valence-electron chi connectivity index (χ4n) is 4.02. The van der Waals surface area contributed by atoms with Crippen LogP contribution >= 0.6 is 11.6 Å². The van der Waals surface area contributed by atoms with Gasteiger partial charge in [-0.2, -0.15) is 0 Å². The Morgan fingerprint density at radius 3 is 2.03 bits per heavy atom. The molecule has 0 fully saturated rings. The SMILES string of the molecule is CCCCCCOc1c(OC(C)CCC)c(OC(C)CCC)c(OC(C)=O)c2cccc(Cl)c12. The first-order valence-corrected chi connectivity index (χ1v) is 13.1. The number of carbonyl (C=O) groups excluding carboxylic acids is 1. The molecule has 0 radical (unpaired) electrons. The zero-order chi connectivity index (χ0) is 25.1. The predicted octanol–water partition coefficient (Wildman–Crippen LogP) is 8.51. The van der Waals surface area contributed by atoms with Gasteiger partial charge < -0.3 is 18.9 Å². The highest BCUT2D eigenvalue weighted by Crippen LogP contribution is 2.54. The number of unbranched alkanes of at least 4 members (excludes halogenated alkanes) is 3. The number of carbonyl (C=O) groups is 1. The van der Waals surface area contributed by atoms with E-state index in [0.717, 1.165) is 51.4 Å². The van der Waals surface area contributed by atoms with Crippen molar-refractivity contribution in [2.45, 2.75) is 105 Å². The van der Waals surface area contributed by atoms with E-state index in [9.17, 15) is 4.79 Å². The van der Waals surface area contributed by atoms with E-state index in [0.29, 0.717) is 45.4 Å². The molecule has 0 aliphatic carbocycles. The monoisotopic (exact) mass is 492 g/mol. The highest BCUT2D eigenvalue weighted by Gasteiger charge is 2.29. The van der Waals surface area contributed by atoms with E-state index in [4.69, 9.17) is 30.5 Å². The number of benzene rings is 2. The molecule has 2 aromatic carbocycles. The minimum absolute atomic E-state index is 0.0820. The first-order valence-electron chi connectivity index (χ1n) is 12.8. The Balaban J connectivity index is 2.75. The van der Waals surface area contributed by atoms with Crippen molar-refractivity contribution in [2.24, 2.45) is 0 Å². The first kappa shape index (κ1) is 28.1. The molecule has 5 nitrogen and oxygen atoms in total. The predicted molar refractivity (Wildman–Crippen MR) is 140 cm³/mol. The molecule has 2 atom stereocenters. The van der Waals surface area contributed by atoms with Crippen LogP contribution in [0, 0.1) is 0 Å². The van der Waals surface area contributed by atoms with Gasteiger partial charge in [0.1, 0.15) is 0 Å². The number of rotatable bonds is 15. The van der Waals surface area contributed by atoms with Crippen molar-refractivity contribution in [2.75, 3.05) is 6.61 Å². The molecule has 0 saturated heterocycles. The van der Waals surface area contributed by atoms with Crippen molar-refractivity contribution in [1.29, 1.82) is 0 Å².